The molecule has 3 aromatic rings. The van der Waals surface area contributed by atoms with Crippen molar-refractivity contribution in [1.29, 1.82) is 0 Å². The Hall–Kier alpha value is -2.17. The average molecular weight is 376 g/mol. The number of halogens is 2. The fourth-order valence-corrected chi connectivity index (χ4v) is 3.71. The van der Waals surface area contributed by atoms with Crippen molar-refractivity contribution in [1.82, 2.24) is 0 Å². The van der Waals surface area contributed by atoms with Crippen LogP contribution in [-0.2, 0) is 13.0 Å². The smallest absolute Gasteiger partial charge is 0.336 e. The molecule has 4 rings (SSSR count). The predicted octanol–water partition coefficient (Wildman–Crippen LogP) is 5.02. The van der Waals surface area contributed by atoms with Crippen LogP contribution in [0.2, 0.25) is 10.0 Å². The molecule has 0 unspecified atom stereocenters. The van der Waals surface area contributed by atoms with Gasteiger partial charge in [-0.25, -0.2) is 4.79 Å². The maximum absolute atomic E-state index is 11.9. The van der Waals surface area contributed by atoms with Gasteiger partial charge in [0.25, 0.3) is 0 Å². The normalized spacial score (nSPS) is 13.6. The first-order chi connectivity index (χ1) is 12.1. The molecule has 4 nitrogen and oxygen atoms in total. The lowest BCUT2D eigenvalue weighted by Crippen LogP contribution is -2.32. The molecule has 0 saturated carbocycles. The highest BCUT2D eigenvalue weighted by atomic mass is 35.5. The highest BCUT2D eigenvalue weighted by Gasteiger charge is 2.23. The van der Waals surface area contributed by atoms with E-state index in [2.05, 4.69) is 0 Å². The average Bonchev–Trinajstić information content (AvgIpc) is 2.60. The summed E-state index contributed by atoms with van der Waals surface area (Å²) < 4.78 is 11.4. The van der Waals surface area contributed by atoms with Crippen LogP contribution in [0.4, 0.5) is 5.69 Å². The number of fused-ring (bicyclic) bond motifs is 3. The van der Waals surface area contributed by atoms with Gasteiger partial charge in [0, 0.05) is 16.5 Å². The number of benzene rings is 2. The third kappa shape index (κ3) is 2.86. The van der Waals surface area contributed by atoms with Gasteiger partial charge in [0.2, 0.25) is 0 Å². The second-order valence-electron chi connectivity index (χ2n) is 5.93. The molecule has 0 N–H and O–H groups in total. The Morgan fingerprint density at radius 3 is 2.76 bits per heavy atom. The number of hydrogen-bond donors (Lipinski definition) is 0. The summed E-state index contributed by atoms with van der Waals surface area (Å²) in [7, 11) is 0. The Balaban J connectivity index is 1.84. The fourth-order valence-electron chi connectivity index (χ4n) is 3.18. The van der Waals surface area contributed by atoms with Crippen LogP contribution in [-0.4, -0.2) is 6.73 Å². The molecule has 0 spiro atoms. The van der Waals surface area contributed by atoms with Crippen LogP contribution in [0.25, 0.3) is 11.0 Å². The first-order valence-electron chi connectivity index (χ1n) is 7.98. The predicted molar refractivity (Wildman–Crippen MR) is 100 cm³/mol. The second kappa shape index (κ2) is 6.28. The Morgan fingerprint density at radius 1 is 1.16 bits per heavy atom. The van der Waals surface area contributed by atoms with Crippen LogP contribution in [0, 0.1) is 0 Å². The standard InChI is InChI=1S/C19H15Cl2NO3/c1-2-11-7-18(23)25-19-13(11)4-6-17-14(19)9-22(10-24-17)16-5-3-12(20)8-15(16)21/h3-8H,2,9-10H2,1H3. The zero-order valence-corrected chi connectivity index (χ0v) is 15.0. The molecule has 0 atom stereocenters. The lowest BCUT2D eigenvalue weighted by molar-refractivity contribution is 0.289. The summed E-state index contributed by atoms with van der Waals surface area (Å²) in [6.07, 6.45) is 0.758. The fraction of sp³-hybridized carbons (Fsp3) is 0.211. The molecule has 1 aliphatic rings. The van der Waals surface area contributed by atoms with E-state index in [0.29, 0.717) is 28.9 Å². The molecule has 0 radical (unpaired) electrons. The van der Waals surface area contributed by atoms with Crippen molar-refractivity contribution in [3.05, 3.63) is 68.0 Å². The highest BCUT2D eigenvalue weighted by molar-refractivity contribution is 6.36. The first-order valence-corrected chi connectivity index (χ1v) is 8.74. The number of ether oxygens (including phenoxy) is 1. The maximum atomic E-state index is 11.9. The molecular formula is C19H15Cl2NO3. The molecule has 2 aromatic carbocycles. The first kappa shape index (κ1) is 16.3. The van der Waals surface area contributed by atoms with Crippen molar-refractivity contribution >= 4 is 39.9 Å². The van der Waals surface area contributed by atoms with E-state index in [1.165, 1.54) is 0 Å². The lowest BCUT2D eigenvalue weighted by Gasteiger charge is -2.31. The molecule has 6 heteroatoms. The summed E-state index contributed by atoms with van der Waals surface area (Å²) in [5.41, 5.74) is 2.87. The van der Waals surface area contributed by atoms with Gasteiger partial charge in [0.1, 0.15) is 11.3 Å². The number of rotatable bonds is 2. The summed E-state index contributed by atoms with van der Waals surface area (Å²) >= 11 is 12.3. The van der Waals surface area contributed by atoms with Gasteiger partial charge < -0.3 is 14.1 Å². The molecule has 25 heavy (non-hydrogen) atoms. The number of nitrogens with zero attached hydrogens (tertiary/aromatic N) is 1. The molecule has 0 bridgehead atoms. The zero-order valence-electron chi connectivity index (χ0n) is 13.5. The minimum Gasteiger partial charge on any atom is -0.473 e. The molecule has 128 valence electrons. The van der Waals surface area contributed by atoms with E-state index < -0.39 is 0 Å². The largest absolute Gasteiger partial charge is 0.473 e. The molecule has 1 aliphatic heterocycles. The SMILES string of the molecule is CCc1cc(=O)oc2c3c(ccc12)OCN(c1ccc(Cl)cc1Cl)C3. The van der Waals surface area contributed by atoms with Crippen molar-refractivity contribution in [2.24, 2.45) is 0 Å². The van der Waals surface area contributed by atoms with Crippen LogP contribution in [0.3, 0.4) is 0 Å². The molecule has 0 aliphatic carbocycles. The van der Waals surface area contributed by atoms with Gasteiger partial charge in [-0.3, -0.25) is 0 Å². The molecule has 0 saturated heterocycles. The highest BCUT2D eigenvalue weighted by Crippen LogP contribution is 2.37. The van der Waals surface area contributed by atoms with Crippen molar-refractivity contribution < 1.29 is 9.15 Å². The zero-order chi connectivity index (χ0) is 17.6. The summed E-state index contributed by atoms with van der Waals surface area (Å²) in [4.78, 5) is 13.9. The van der Waals surface area contributed by atoms with Crippen molar-refractivity contribution in [3.8, 4) is 5.75 Å². The van der Waals surface area contributed by atoms with E-state index in [0.717, 1.165) is 34.4 Å². The van der Waals surface area contributed by atoms with E-state index in [9.17, 15) is 4.79 Å². The van der Waals surface area contributed by atoms with Crippen molar-refractivity contribution in [2.75, 3.05) is 11.6 Å². The van der Waals surface area contributed by atoms with E-state index in [1.807, 2.05) is 30.0 Å². The van der Waals surface area contributed by atoms with Gasteiger partial charge in [-0.05, 0) is 42.3 Å². The van der Waals surface area contributed by atoms with Crippen molar-refractivity contribution in [2.45, 2.75) is 19.9 Å². The quantitative estimate of drug-likeness (QED) is 0.589. The van der Waals surface area contributed by atoms with E-state index in [-0.39, 0.29) is 5.63 Å². The molecule has 0 amide bonds. The van der Waals surface area contributed by atoms with Crippen LogP contribution in [0.15, 0.2) is 45.6 Å². The van der Waals surface area contributed by atoms with Gasteiger partial charge >= 0.3 is 5.63 Å². The van der Waals surface area contributed by atoms with Crippen molar-refractivity contribution in [3.63, 3.8) is 0 Å². The third-order valence-corrected chi connectivity index (χ3v) is 4.95. The van der Waals surface area contributed by atoms with Gasteiger partial charge in [-0.1, -0.05) is 30.1 Å². The Bertz CT molecular complexity index is 1030. The van der Waals surface area contributed by atoms with Crippen LogP contribution in [0.1, 0.15) is 18.1 Å². The third-order valence-electron chi connectivity index (χ3n) is 4.41. The van der Waals surface area contributed by atoms with E-state index >= 15 is 0 Å². The number of hydrogen-bond acceptors (Lipinski definition) is 4. The lowest BCUT2D eigenvalue weighted by atomic mass is 10.0. The number of aryl methyl sites for hydroxylation is 1. The van der Waals surface area contributed by atoms with E-state index in [1.54, 1.807) is 18.2 Å². The molecule has 0 fully saturated rings. The topological polar surface area (TPSA) is 42.7 Å². The summed E-state index contributed by atoms with van der Waals surface area (Å²) in [6, 6.07) is 10.8. The summed E-state index contributed by atoms with van der Waals surface area (Å²) in [5, 5.41) is 2.07. The number of anilines is 1. The van der Waals surface area contributed by atoms with Gasteiger partial charge in [-0.15, -0.1) is 0 Å². The van der Waals surface area contributed by atoms with Crippen LogP contribution < -0.4 is 15.3 Å². The maximum Gasteiger partial charge on any atom is 0.336 e. The molecule has 1 aromatic heterocycles. The van der Waals surface area contributed by atoms with Gasteiger partial charge in [-0.2, -0.15) is 0 Å². The second-order valence-corrected chi connectivity index (χ2v) is 6.77. The monoisotopic (exact) mass is 375 g/mol. The van der Waals surface area contributed by atoms with Crippen LogP contribution >= 0.6 is 23.2 Å². The molecule has 2 heterocycles. The summed E-state index contributed by atoms with van der Waals surface area (Å²) in [6.45, 7) is 2.91. The summed E-state index contributed by atoms with van der Waals surface area (Å²) in [5.74, 6) is 0.727. The van der Waals surface area contributed by atoms with E-state index in [4.69, 9.17) is 32.4 Å². The Morgan fingerprint density at radius 2 is 2.00 bits per heavy atom. The Kier molecular flexibility index (Phi) is 4.10. The molecular weight excluding hydrogens is 361 g/mol. The van der Waals surface area contributed by atoms with Gasteiger partial charge in [0.15, 0.2) is 6.73 Å². The van der Waals surface area contributed by atoms with Crippen LogP contribution in [0.5, 0.6) is 5.75 Å². The Labute approximate surface area is 154 Å². The minimum absolute atomic E-state index is 0.348. The van der Waals surface area contributed by atoms with Gasteiger partial charge in [0.05, 0.1) is 22.8 Å². The minimum atomic E-state index is -0.348.